The minimum absolute atomic E-state index is 0.0588. The Hall–Kier alpha value is -1.14. The first kappa shape index (κ1) is 19.2. The summed E-state index contributed by atoms with van der Waals surface area (Å²) in [7, 11) is 0. The normalized spacial score (nSPS) is 31.6. The molecule has 4 rings (SSSR count). The zero-order valence-electron chi connectivity index (χ0n) is 17.3. The number of rotatable bonds is 4. The first-order valence-electron chi connectivity index (χ1n) is 10.4. The van der Waals surface area contributed by atoms with E-state index in [1.807, 2.05) is 0 Å². The van der Waals surface area contributed by atoms with Crippen molar-refractivity contribution in [3.05, 3.63) is 29.3 Å². The third-order valence-electron chi connectivity index (χ3n) is 6.39. The minimum Gasteiger partial charge on any atom is -0.378 e. The summed E-state index contributed by atoms with van der Waals surface area (Å²) >= 11 is 0. The molecule has 2 atom stereocenters. The second-order valence-corrected chi connectivity index (χ2v) is 8.84. The number of morpholine rings is 1. The van der Waals surface area contributed by atoms with Crippen LogP contribution in [0.25, 0.3) is 0 Å². The van der Waals surface area contributed by atoms with Gasteiger partial charge in [-0.1, -0.05) is 6.07 Å². The van der Waals surface area contributed by atoms with Gasteiger partial charge in [0, 0.05) is 30.9 Å². The van der Waals surface area contributed by atoms with Gasteiger partial charge in [0.1, 0.15) is 0 Å². The first-order chi connectivity index (χ1) is 12.9. The molecule has 3 saturated heterocycles. The van der Waals surface area contributed by atoms with Crippen molar-refractivity contribution in [2.45, 2.75) is 64.6 Å². The van der Waals surface area contributed by atoms with Gasteiger partial charge in [0.2, 0.25) is 0 Å². The van der Waals surface area contributed by atoms with Crippen LogP contribution in [0.2, 0.25) is 0 Å². The lowest BCUT2D eigenvalue weighted by molar-refractivity contribution is -0.179. The first-order valence-corrected chi connectivity index (χ1v) is 10.4. The summed E-state index contributed by atoms with van der Waals surface area (Å²) in [4.78, 5) is 5.03. The molecule has 3 aliphatic rings. The van der Waals surface area contributed by atoms with E-state index < -0.39 is 5.79 Å². The van der Waals surface area contributed by atoms with Crippen LogP contribution in [0.5, 0.6) is 0 Å². The molecule has 0 amide bonds. The van der Waals surface area contributed by atoms with E-state index in [1.54, 1.807) is 0 Å². The molecule has 5 nitrogen and oxygen atoms in total. The molecule has 0 aliphatic carbocycles. The molecule has 0 spiro atoms. The highest BCUT2D eigenvalue weighted by molar-refractivity contribution is 5.56. The molecule has 5 heteroatoms. The average molecular weight is 375 g/mol. The van der Waals surface area contributed by atoms with Gasteiger partial charge in [-0.3, -0.25) is 4.90 Å². The van der Waals surface area contributed by atoms with Crippen molar-refractivity contribution in [2.24, 2.45) is 0 Å². The van der Waals surface area contributed by atoms with Crippen LogP contribution in [0.4, 0.5) is 5.69 Å². The molecule has 27 heavy (non-hydrogen) atoms. The van der Waals surface area contributed by atoms with Gasteiger partial charge >= 0.3 is 0 Å². The Morgan fingerprint density at radius 3 is 2.37 bits per heavy atom. The molecule has 0 aromatic heterocycles. The quantitative estimate of drug-likeness (QED) is 0.806. The Labute approximate surface area is 163 Å². The average Bonchev–Trinajstić information content (AvgIpc) is 3.22. The molecule has 3 heterocycles. The van der Waals surface area contributed by atoms with Crippen LogP contribution in [-0.2, 0) is 26.5 Å². The maximum absolute atomic E-state index is 6.38. The highest BCUT2D eigenvalue weighted by atomic mass is 16.8. The van der Waals surface area contributed by atoms with E-state index in [0.29, 0.717) is 0 Å². The third-order valence-corrected chi connectivity index (χ3v) is 6.39. The number of hydrogen-bond donors (Lipinski definition) is 0. The molecule has 0 bridgehead atoms. The Balaban J connectivity index is 1.65. The van der Waals surface area contributed by atoms with E-state index in [-0.39, 0.29) is 11.7 Å². The summed E-state index contributed by atoms with van der Waals surface area (Å²) in [6, 6.07) is 6.77. The lowest BCUT2D eigenvalue weighted by Crippen LogP contribution is -2.37. The molecular formula is C22H34N2O3. The van der Waals surface area contributed by atoms with Crippen molar-refractivity contribution in [1.29, 1.82) is 0 Å². The molecule has 1 aromatic rings. The van der Waals surface area contributed by atoms with Crippen LogP contribution in [0, 0.1) is 0 Å². The van der Waals surface area contributed by atoms with E-state index in [4.69, 9.17) is 14.2 Å². The summed E-state index contributed by atoms with van der Waals surface area (Å²) in [5.41, 5.74) is 3.54. The molecule has 1 aromatic carbocycles. The fraction of sp³-hybridized carbons (Fsp3) is 0.727. The van der Waals surface area contributed by atoms with Crippen molar-refractivity contribution in [3.8, 4) is 0 Å². The van der Waals surface area contributed by atoms with Gasteiger partial charge in [-0.05, 0) is 71.3 Å². The summed E-state index contributed by atoms with van der Waals surface area (Å²) < 4.78 is 18.2. The minimum atomic E-state index is -0.688. The largest absolute Gasteiger partial charge is 0.378 e. The van der Waals surface area contributed by atoms with Crippen molar-refractivity contribution in [2.75, 3.05) is 44.3 Å². The fourth-order valence-corrected chi connectivity index (χ4v) is 4.50. The molecule has 3 aliphatic heterocycles. The summed E-state index contributed by atoms with van der Waals surface area (Å²) in [6.45, 7) is 15.3. The molecule has 3 fully saturated rings. The SMILES string of the molecule is CC1OC(C)(c2ccc(N3CCOCC3)c(CN3CCCC3)c2)OC1(C)C. The predicted octanol–water partition coefficient (Wildman–Crippen LogP) is 3.51. The van der Waals surface area contributed by atoms with Crippen molar-refractivity contribution >= 4 is 5.69 Å². The zero-order chi connectivity index (χ0) is 19.1. The van der Waals surface area contributed by atoms with Crippen LogP contribution in [0.1, 0.15) is 51.7 Å². The Bertz CT molecular complexity index is 666. The van der Waals surface area contributed by atoms with Gasteiger partial charge in [-0.15, -0.1) is 0 Å². The number of ether oxygens (including phenoxy) is 3. The number of anilines is 1. The molecule has 0 saturated carbocycles. The van der Waals surface area contributed by atoms with E-state index in [2.05, 4.69) is 55.7 Å². The van der Waals surface area contributed by atoms with E-state index in [1.165, 1.54) is 37.2 Å². The van der Waals surface area contributed by atoms with Crippen LogP contribution in [0.3, 0.4) is 0 Å². The van der Waals surface area contributed by atoms with Crippen molar-refractivity contribution in [1.82, 2.24) is 4.90 Å². The molecule has 2 unspecified atom stereocenters. The van der Waals surface area contributed by atoms with Crippen LogP contribution < -0.4 is 4.90 Å². The number of benzene rings is 1. The molecule has 0 radical (unpaired) electrons. The summed E-state index contributed by atoms with van der Waals surface area (Å²) in [5, 5.41) is 0. The second kappa shape index (κ2) is 7.36. The van der Waals surface area contributed by atoms with Gasteiger partial charge in [0.25, 0.3) is 0 Å². The number of nitrogens with zero attached hydrogens (tertiary/aromatic N) is 2. The standard InChI is InChI=1S/C22H34N2O3/c1-17-21(2,3)27-22(4,26-17)19-7-8-20(24-11-13-25-14-12-24)18(15-19)16-23-9-5-6-10-23/h7-8,15,17H,5-6,9-14,16H2,1-4H3. The topological polar surface area (TPSA) is 34.2 Å². The lowest BCUT2D eigenvalue weighted by Gasteiger charge is -2.33. The maximum atomic E-state index is 6.38. The lowest BCUT2D eigenvalue weighted by atomic mass is 10.0. The van der Waals surface area contributed by atoms with Gasteiger partial charge in [-0.2, -0.15) is 0 Å². The zero-order valence-corrected chi connectivity index (χ0v) is 17.3. The van der Waals surface area contributed by atoms with Gasteiger partial charge in [-0.25, -0.2) is 0 Å². The Morgan fingerprint density at radius 1 is 1.04 bits per heavy atom. The van der Waals surface area contributed by atoms with Gasteiger partial charge < -0.3 is 19.1 Å². The van der Waals surface area contributed by atoms with E-state index in [9.17, 15) is 0 Å². The number of likely N-dealkylation sites (tertiary alicyclic amines) is 1. The highest BCUT2D eigenvalue weighted by Crippen LogP contribution is 2.43. The van der Waals surface area contributed by atoms with Crippen molar-refractivity contribution in [3.63, 3.8) is 0 Å². The van der Waals surface area contributed by atoms with Gasteiger partial charge in [0.15, 0.2) is 5.79 Å². The van der Waals surface area contributed by atoms with Crippen molar-refractivity contribution < 1.29 is 14.2 Å². The predicted molar refractivity (Wildman–Crippen MR) is 107 cm³/mol. The maximum Gasteiger partial charge on any atom is 0.193 e. The summed E-state index contributed by atoms with van der Waals surface area (Å²) in [6.07, 6.45) is 2.67. The van der Waals surface area contributed by atoms with Crippen LogP contribution in [-0.4, -0.2) is 56.0 Å². The highest BCUT2D eigenvalue weighted by Gasteiger charge is 2.48. The molecule has 150 valence electrons. The van der Waals surface area contributed by atoms with E-state index >= 15 is 0 Å². The summed E-state index contributed by atoms with van der Waals surface area (Å²) in [5.74, 6) is -0.688. The van der Waals surface area contributed by atoms with Crippen LogP contribution in [0.15, 0.2) is 18.2 Å². The molecular weight excluding hydrogens is 340 g/mol. The fourth-order valence-electron chi connectivity index (χ4n) is 4.50. The Kier molecular flexibility index (Phi) is 5.23. The van der Waals surface area contributed by atoms with E-state index in [0.717, 1.165) is 38.4 Å². The monoisotopic (exact) mass is 374 g/mol. The smallest absolute Gasteiger partial charge is 0.193 e. The molecule has 0 N–H and O–H groups in total. The Morgan fingerprint density at radius 2 is 1.74 bits per heavy atom. The third kappa shape index (κ3) is 3.88. The van der Waals surface area contributed by atoms with Crippen LogP contribution >= 0.6 is 0 Å². The van der Waals surface area contributed by atoms with Gasteiger partial charge in [0.05, 0.1) is 24.9 Å². The number of hydrogen-bond acceptors (Lipinski definition) is 5. The second-order valence-electron chi connectivity index (χ2n) is 8.84.